The molecule has 0 saturated heterocycles. The molecule has 0 fully saturated rings. The summed E-state index contributed by atoms with van der Waals surface area (Å²) in [5.74, 6) is -0.155. The van der Waals surface area contributed by atoms with Crippen molar-refractivity contribution in [2.24, 2.45) is 16.2 Å². The van der Waals surface area contributed by atoms with Gasteiger partial charge in [0, 0.05) is 6.42 Å². The summed E-state index contributed by atoms with van der Waals surface area (Å²) in [7, 11) is 0. The molecule has 0 saturated carbocycles. The van der Waals surface area contributed by atoms with Crippen molar-refractivity contribution in [1.82, 2.24) is 0 Å². The van der Waals surface area contributed by atoms with Gasteiger partial charge in [-0.05, 0) is 38.0 Å². The average Bonchev–Trinajstić information content (AvgIpc) is 2.23. The lowest BCUT2D eigenvalue weighted by molar-refractivity contribution is -0.204. The lowest BCUT2D eigenvalue weighted by atomic mass is 9.61. The van der Waals surface area contributed by atoms with Crippen LogP contribution in [-0.2, 0) is 14.3 Å². The van der Waals surface area contributed by atoms with Crippen LogP contribution in [0.1, 0.15) is 82.1 Å². The SMILES string of the molecule is CCC(OC(=O)C(C)(CC(C)(C)C)C(C)(C)C)OC(C)C. The van der Waals surface area contributed by atoms with E-state index in [2.05, 4.69) is 41.5 Å². The lowest BCUT2D eigenvalue weighted by Gasteiger charge is -2.44. The quantitative estimate of drug-likeness (QED) is 0.501. The number of carbonyl (C=O) groups excluding carboxylic acids is 1. The summed E-state index contributed by atoms with van der Waals surface area (Å²) in [5, 5.41) is 0. The van der Waals surface area contributed by atoms with E-state index in [4.69, 9.17) is 9.47 Å². The maximum atomic E-state index is 12.8. The van der Waals surface area contributed by atoms with Gasteiger partial charge >= 0.3 is 5.97 Å². The van der Waals surface area contributed by atoms with Gasteiger partial charge in [-0.3, -0.25) is 4.79 Å². The van der Waals surface area contributed by atoms with Gasteiger partial charge in [-0.2, -0.15) is 0 Å². The summed E-state index contributed by atoms with van der Waals surface area (Å²) in [4.78, 5) is 12.8. The van der Waals surface area contributed by atoms with Crippen LogP contribution in [-0.4, -0.2) is 18.4 Å². The molecule has 2 atom stereocenters. The first-order valence-electron chi connectivity index (χ1n) is 8.09. The van der Waals surface area contributed by atoms with Crippen molar-refractivity contribution >= 4 is 5.97 Å². The molecule has 0 N–H and O–H groups in total. The molecular weight excluding hydrogens is 264 g/mol. The summed E-state index contributed by atoms with van der Waals surface area (Å²) in [6.07, 6.45) is 1.03. The molecule has 3 nitrogen and oxygen atoms in total. The zero-order valence-electron chi connectivity index (χ0n) is 15.8. The molecule has 0 aliphatic rings. The van der Waals surface area contributed by atoms with Crippen molar-refractivity contribution in [3.63, 3.8) is 0 Å². The highest BCUT2D eigenvalue weighted by atomic mass is 16.7. The highest BCUT2D eigenvalue weighted by Gasteiger charge is 2.48. The van der Waals surface area contributed by atoms with Crippen LogP contribution in [0, 0.1) is 16.2 Å². The van der Waals surface area contributed by atoms with Gasteiger partial charge in [0.25, 0.3) is 0 Å². The van der Waals surface area contributed by atoms with Gasteiger partial charge < -0.3 is 9.47 Å². The Bertz CT molecular complexity index is 333. The van der Waals surface area contributed by atoms with Crippen molar-refractivity contribution in [1.29, 1.82) is 0 Å². The standard InChI is InChI=1S/C18H36O3/c1-11-14(20-13(2)3)21-15(19)18(10,17(7,8)9)12-16(4,5)6/h13-14H,11-12H2,1-10H3. The predicted molar refractivity (Wildman–Crippen MR) is 88.0 cm³/mol. The molecule has 0 bridgehead atoms. The van der Waals surface area contributed by atoms with Gasteiger partial charge in [0.15, 0.2) is 0 Å². The van der Waals surface area contributed by atoms with Gasteiger partial charge in [-0.25, -0.2) is 0 Å². The Labute approximate surface area is 131 Å². The molecule has 0 aromatic heterocycles. The third-order valence-corrected chi connectivity index (χ3v) is 3.99. The number of esters is 1. The molecule has 126 valence electrons. The molecule has 0 radical (unpaired) electrons. The monoisotopic (exact) mass is 300 g/mol. The normalized spacial score (nSPS) is 17.5. The molecule has 0 rings (SSSR count). The van der Waals surface area contributed by atoms with E-state index in [0.717, 1.165) is 6.42 Å². The van der Waals surface area contributed by atoms with Crippen LogP contribution >= 0.6 is 0 Å². The van der Waals surface area contributed by atoms with Gasteiger partial charge in [0.2, 0.25) is 6.29 Å². The van der Waals surface area contributed by atoms with E-state index in [9.17, 15) is 4.79 Å². The van der Waals surface area contributed by atoms with Crippen molar-refractivity contribution in [2.45, 2.75) is 94.5 Å². The van der Waals surface area contributed by atoms with Crippen LogP contribution in [0.2, 0.25) is 0 Å². The number of hydrogen-bond acceptors (Lipinski definition) is 3. The van der Waals surface area contributed by atoms with Gasteiger partial charge in [-0.1, -0.05) is 48.5 Å². The third-order valence-electron chi connectivity index (χ3n) is 3.99. The summed E-state index contributed by atoms with van der Waals surface area (Å²) < 4.78 is 11.4. The van der Waals surface area contributed by atoms with Gasteiger partial charge in [0.1, 0.15) is 0 Å². The molecule has 21 heavy (non-hydrogen) atoms. The molecule has 0 spiro atoms. The number of hydrogen-bond donors (Lipinski definition) is 0. The first kappa shape index (κ1) is 20.4. The van der Waals surface area contributed by atoms with Crippen molar-refractivity contribution in [3.05, 3.63) is 0 Å². The molecule has 3 heteroatoms. The minimum Gasteiger partial charge on any atom is -0.435 e. The first-order valence-corrected chi connectivity index (χ1v) is 8.09. The Hall–Kier alpha value is -0.570. The summed E-state index contributed by atoms with van der Waals surface area (Å²) >= 11 is 0. The number of ether oxygens (including phenoxy) is 2. The zero-order valence-corrected chi connectivity index (χ0v) is 15.8. The van der Waals surface area contributed by atoms with Crippen molar-refractivity contribution in [2.75, 3.05) is 0 Å². The lowest BCUT2D eigenvalue weighted by Crippen LogP contribution is -2.45. The second kappa shape index (κ2) is 7.13. The van der Waals surface area contributed by atoms with Crippen LogP contribution in [0.25, 0.3) is 0 Å². The second-order valence-corrected chi connectivity index (χ2v) is 8.75. The molecule has 0 aliphatic carbocycles. The fraction of sp³-hybridized carbons (Fsp3) is 0.944. The molecular formula is C18H36O3. The maximum absolute atomic E-state index is 12.8. The Balaban J connectivity index is 5.22. The fourth-order valence-electron chi connectivity index (χ4n) is 2.46. The van der Waals surface area contributed by atoms with E-state index < -0.39 is 11.7 Å². The highest BCUT2D eigenvalue weighted by molar-refractivity contribution is 5.77. The van der Waals surface area contributed by atoms with Gasteiger partial charge in [-0.15, -0.1) is 0 Å². The first-order chi connectivity index (χ1) is 9.23. The average molecular weight is 300 g/mol. The minimum atomic E-state index is -0.543. The summed E-state index contributed by atoms with van der Waals surface area (Å²) in [6, 6.07) is 0. The highest BCUT2D eigenvalue weighted by Crippen LogP contribution is 2.47. The Kier molecular flexibility index (Phi) is 6.93. The molecule has 0 aromatic rings. The van der Waals surface area contributed by atoms with Crippen molar-refractivity contribution in [3.8, 4) is 0 Å². The van der Waals surface area contributed by atoms with Crippen LogP contribution < -0.4 is 0 Å². The molecule has 0 aromatic carbocycles. The van der Waals surface area contributed by atoms with E-state index in [1.165, 1.54) is 0 Å². The second-order valence-electron chi connectivity index (χ2n) is 8.75. The van der Waals surface area contributed by atoms with Gasteiger partial charge in [0.05, 0.1) is 11.5 Å². The van der Waals surface area contributed by atoms with E-state index in [1.54, 1.807) is 0 Å². The summed E-state index contributed by atoms with van der Waals surface area (Å²) in [6.45, 7) is 20.7. The third kappa shape index (κ3) is 6.37. The van der Waals surface area contributed by atoms with E-state index in [1.807, 2.05) is 27.7 Å². The Morgan fingerprint density at radius 1 is 1.00 bits per heavy atom. The smallest absolute Gasteiger partial charge is 0.314 e. The van der Waals surface area contributed by atoms with Crippen LogP contribution in [0.4, 0.5) is 0 Å². The topological polar surface area (TPSA) is 35.5 Å². The van der Waals surface area contributed by atoms with Crippen molar-refractivity contribution < 1.29 is 14.3 Å². The largest absolute Gasteiger partial charge is 0.435 e. The zero-order chi connectivity index (χ0) is 17.1. The molecule has 0 heterocycles. The molecule has 2 unspecified atom stereocenters. The van der Waals surface area contributed by atoms with Crippen LogP contribution in [0.3, 0.4) is 0 Å². The number of carbonyl (C=O) groups is 1. The van der Waals surface area contributed by atoms with E-state index in [-0.39, 0.29) is 22.9 Å². The number of rotatable bonds is 6. The van der Waals surface area contributed by atoms with Crippen LogP contribution in [0.5, 0.6) is 0 Å². The molecule has 0 aliphatic heterocycles. The predicted octanol–water partition coefficient (Wildman–Crippen LogP) is 5.18. The minimum absolute atomic E-state index is 0.0475. The summed E-state index contributed by atoms with van der Waals surface area (Å²) in [5.41, 5.74) is -0.659. The maximum Gasteiger partial charge on any atom is 0.314 e. The van der Waals surface area contributed by atoms with Crippen LogP contribution in [0.15, 0.2) is 0 Å². The van der Waals surface area contributed by atoms with E-state index >= 15 is 0 Å². The molecule has 0 amide bonds. The Morgan fingerprint density at radius 2 is 1.48 bits per heavy atom. The Morgan fingerprint density at radius 3 is 1.76 bits per heavy atom. The van der Waals surface area contributed by atoms with E-state index in [0.29, 0.717) is 6.42 Å². The fourth-order valence-corrected chi connectivity index (χ4v) is 2.46.